The van der Waals surface area contributed by atoms with Gasteiger partial charge in [0.15, 0.2) is 0 Å². The van der Waals surface area contributed by atoms with E-state index >= 15 is 0 Å². The van der Waals surface area contributed by atoms with Gasteiger partial charge in [-0.1, -0.05) is 39.3 Å². The number of aliphatic hydroxyl groups excluding tert-OH is 2. The third-order valence-electron chi connectivity index (χ3n) is 7.73. The molecule has 3 rings (SSSR count). The molecule has 0 aromatic rings. The molecule has 3 nitrogen and oxygen atoms in total. The number of carbonyl (C=O) groups is 1. The van der Waals surface area contributed by atoms with Gasteiger partial charge in [0.2, 0.25) is 0 Å². The van der Waals surface area contributed by atoms with E-state index < -0.39 is 6.10 Å². The molecule has 0 aromatic heterocycles. The molecule has 0 unspecified atom stereocenters. The van der Waals surface area contributed by atoms with Crippen LogP contribution >= 0.6 is 0 Å². The monoisotopic (exact) mass is 320 g/mol. The molecule has 3 aliphatic rings. The molecule has 2 N–H and O–H groups in total. The Morgan fingerprint density at radius 1 is 1.26 bits per heavy atom. The molecule has 5 atom stereocenters. The maximum atomic E-state index is 12.4. The summed E-state index contributed by atoms with van der Waals surface area (Å²) < 4.78 is 0. The molecule has 0 amide bonds. The van der Waals surface area contributed by atoms with Gasteiger partial charge in [0.25, 0.3) is 0 Å². The molecule has 3 aliphatic carbocycles. The third kappa shape index (κ3) is 2.42. The fourth-order valence-electron chi connectivity index (χ4n) is 5.96. The minimum absolute atomic E-state index is 0.157. The number of ketones is 1. The summed E-state index contributed by atoms with van der Waals surface area (Å²) in [4.78, 5) is 12.4. The van der Waals surface area contributed by atoms with Crippen molar-refractivity contribution in [2.45, 2.75) is 72.3 Å². The van der Waals surface area contributed by atoms with E-state index in [1.54, 1.807) is 0 Å². The van der Waals surface area contributed by atoms with Crippen LogP contribution in [0.3, 0.4) is 0 Å². The highest BCUT2D eigenvalue weighted by Crippen LogP contribution is 2.62. The Labute approximate surface area is 140 Å². The molecule has 3 heteroatoms. The Balaban J connectivity index is 1.92. The maximum Gasteiger partial charge on any atom is 0.138 e. The fraction of sp³-hybridized carbons (Fsp3) is 0.850. The number of hydrogen-bond donors (Lipinski definition) is 2. The first-order valence-electron chi connectivity index (χ1n) is 9.16. The number of Topliss-reactive ketones (excluding diaryl/α,β-unsaturated/α-hetero) is 1. The van der Waals surface area contributed by atoms with Crippen LogP contribution in [0.2, 0.25) is 0 Å². The van der Waals surface area contributed by atoms with Gasteiger partial charge in [0.1, 0.15) is 5.78 Å². The highest BCUT2D eigenvalue weighted by Gasteiger charge is 2.57. The summed E-state index contributed by atoms with van der Waals surface area (Å²) in [5, 5.41) is 19.6. The summed E-state index contributed by atoms with van der Waals surface area (Å²) in [7, 11) is 0. The van der Waals surface area contributed by atoms with Gasteiger partial charge < -0.3 is 10.2 Å². The van der Waals surface area contributed by atoms with Crippen LogP contribution < -0.4 is 0 Å². The number of aliphatic hydroxyl groups is 2. The molecule has 130 valence electrons. The minimum atomic E-state index is -0.640. The quantitative estimate of drug-likeness (QED) is 0.766. The van der Waals surface area contributed by atoms with E-state index in [1.807, 2.05) is 0 Å². The lowest BCUT2D eigenvalue weighted by Gasteiger charge is -2.59. The zero-order chi connectivity index (χ0) is 17.0. The second-order valence-corrected chi connectivity index (χ2v) is 9.34. The highest BCUT2D eigenvalue weighted by molar-refractivity contribution is 5.85. The second-order valence-electron chi connectivity index (χ2n) is 9.34. The normalized spacial score (nSPS) is 44.1. The smallest absolute Gasteiger partial charge is 0.138 e. The van der Waals surface area contributed by atoms with Crippen molar-refractivity contribution >= 4 is 5.78 Å². The number of allylic oxidation sites excluding steroid dienone is 2. The first-order valence-corrected chi connectivity index (χ1v) is 9.16. The average Bonchev–Trinajstić information content (AvgIpc) is 2.50. The molecular formula is C20H32O3. The molecule has 0 spiro atoms. The number of rotatable bonds is 2. The fourth-order valence-corrected chi connectivity index (χ4v) is 5.96. The van der Waals surface area contributed by atoms with Crippen LogP contribution in [0.5, 0.6) is 0 Å². The molecule has 0 radical (unpaired) electrons. The van der Waals surface area contributed by atoms with Crippen LogP contribution in [-0.2, 0) is 4.79 Å². The summed E-state index contributed by atoms with van der Waals surface area (Å²) in [5.74, 6) is 1.39. The molecular weight excluding hydrogens is 288 g/mol. The summed E-state index contributed by atoms with van der Waals surface area (Å²) in [5.41, 5.74) is 1.24. The van der Waals surface area contributed by atoms with E-state index in [0.29, 0.717) is 24.0 Å². The largest absolute Gasteiger partial charge is 0.394 e. The zero-order valence-corrected chi connectivity index (χ0v) is 15.1. The van der Waals surface area contributed by atoms with Crippen molar-refractivity contribution in [3.05, 3.63) is 11.6 Å². The van der Waals surface area contributed by atoms with Crippen molar-refractivity contribution in [3.63, 3.8) is 0 Å². The summed E-state index contributed by atoms with van der Waals surface area (Å²) >= 11 is 0. The van der Waals surface area contributed by atoms with Crippen molar-refractivity contribution < 1.29 is 15.0 Å². The summed E-state index contributed by atoms with van der Waals surface area (Å²) in [6.45, 7) is 8.62. The van der Waals surface area contributed by atoms with Gasteiger partial charge in [-0.25, -0.2) is 0 Å². The van der Waals surface area contributed by atoms with Crippen LogP contribution in [0, 0.1) is 28.1 Å². The Morgan fingerprint density at radius 2 is 1.96 bits per heavy atom. The van der Waals surface area contributed by atoms with E-state index in [0.717, 1.165) is 32.1 Å². The van der Waals surface area contributed by atoms with Crippen molar-refractivity contribution in [1.29, 1.82) is 0 Å². The van der Waals surface area contributed by atoms with Crippen LogP contribution in [-0.4, -0.2) is 28.7 Å². The predicted octanol–water partition coefficient (Wildman–Crippen LogP) is 3.49. The van der Waals surface area contributed by atoms with E-state index in [9.17, 15) is 15.0 Å². The maximum absolute atomic E-state index is 12.4. The van der Waals surface area contributed by atoms with E-state index in [4.69, 9.17) is 0 Å². The number of carbonyl (C=O) groups excluding carboxylic acids is 1. The van der Waals surface area contributed by atoms with E-state index in [2.05, 4.69) is 33.8 Å². The molecule has 0 heterocycles. The third-order valence-corrected chi connectivity index (χ3v) is 7.73. The van der Waals surface area contributed by atoms with Gasteiger partial charge in [-0.3, -0.25) is 4.79 Å². The lowest BCUT2D eigenvalue weighted by Crippen LogP contribution is -2.54. The van der Waals surface area contributed by atoms with Gasteiger partial charge in [-0.15, -0.1) is 0 Å². The zero-order valence-electron chi connectivity index (χ0n) is 15.1. The van der Waals surface area contributed by atoms with E-state index in [1.165, 1.54) is 5.57 Å². The van der Waals surface area contributed by atoms with Gasteiger partial charge >= 0.3 is 0 Å². The molecule has 2 fully saturated rings. The van der Waals surface area contributed by atoms with Gasteiger partial charge in [-0.05, 0) is 54.8 Å². The van der Waals surface area contributed by atoms with Crippen molar-refractivity contribution in [1.82, 2.24) is 0 Å². The topological polar surface area (TPSA) is 57.5 Å². The van der Waals surface area contributed by atoms with Crippen LogP contribution in [0.25, 0.3) is 0 Å². The molecule has 0 aromatic carbocycles. The molecule has 0 aliphatic heterocycles. The predicted molar refractivity (Wildman–Crippen MR) is 90.9 cm³/mol. The van der Waals surface area contributed by atoms with Crippen LogP contribution in [0.15, 0.2) is 11.6 Å². The standard InChI is InChI=1S/C20H32O3/c1-18(2)15-6-5-13-11-19(3,17(23)12-21)9-7-14(13)20(15,4)10-8-16(18)22/h5,14-15,17,21,23H,6-12H2,1-4H3/t14-,15+,17-,19+,20-/m1/s1. The first-order chi connectivity index (χ1) is 10.6. The molecule has 2 saturated carbocycles. The number of fused-ring (bicyclic) bond motifs is 3. The van der Waals surface area contributed by atoms with Gasteiger partial charge in [0.05, 0.1) is 12.7 Å². The highest BCUT2D eigenvalue weighted by atomic mass is 16.3. The van der Waals surface area contributed by atoms with Crippen LogP contribution in [0.1, 0.15) is 66.2 Å². The minimum Gasteiger partial charge on any atom is -0.394 e. The Kier molecular flexibility index (Phi) is 4.04. The molecule has 23 heavy (non-hydrogen) atoms. The van der Waals surface area contributed by atoms with Gasteiger partial charge in [0, 0.05) is 11.8 Å². The average molecular weight is 320 g/mol. The van der Waals surface area contributed by atoms with Crippen molar-refractivity contribution in [2.24, 2.45) is 28.1 Å². The summed E-state index contributed by atoms with van der Waals surface area (Å²) in [6.07, 6.45) is 7.31. The molecule has 0 bridgehead atoms. The lowest BCUT2D eigenvalue weighted by molar-refractivity contribution is -0.144. The molecule has 0 saturated heterocycles. The van der Waals surface area contributed by atoms with Crippen molar-refractivity contribution in [2.75, 3.05) is 6.61 Å². The van der Waals surface area contributed by atoms with Gasteiger partial charge in [-0.2, -0.15) is 0 Å². The number of hydrogen-bond acceptors (Lipinski definition) is 3. The Hall–Kier alpha value is -0.670. The SMILES string of the molecule is CC1(C)C(=O)CC[C@]2(C)[C@@H]3CC[C@](C)([C@H](O)CO)CC3=CC[C@@H]12. The second kappa shape index (κ2) is 5.42. The van der Waals surface area contributed by atoms with Crippen LogP contribution in [0.4, 0.5) is 0 Å². The first kappa shape index (κ1) is 17.2. The Morgan fingerprint density at radius 3 is 2.61 bits per heavy atom. The van der Waals surface area contributed by atoms with E-state index in [-0.39, 0.29) is 22.9 Å². The summed E-state index contributed by atoms with van der Waals surface area (Å²) in [6, 6.07) is 0. The van der Waals surface area contributed by atoms with Crippen molar-refractivity contribution in [3.8, 4) is 0 Å². The lowest BCUT2D eigenvalue weighted by atomic mass is 9.45. The Bertz CT molecular complexity index is 535.